The minimum absolute atomic E-state index is 0.101. The fourth-order valence-electron chi connectivity index (χ4n) is 2.67. The van der Waals surface area contributed by atoms with E-state index in [2.05, 4.69) is 10.6 Å². The van der Waals surface area contributed by atoms with E-state index >= 15 is 0 Å². The van der Waals surface area contributed by atoms with Crippen LogP contribution < -0.4 is 15.4 Å². The summed E-state index contributed by atoms with van der Waals surface area (Å²) in [6.07, 6.45) is 0.755. The van der Waals surface area contributed by atoms with Crippen LogP contribution in [0.3, 0.4) is 0 Å². The van der Waals surface area contributed by atoms with Crippen LogP contribution in [0.25, 0.3) is 0 Å². The molecule has 0 atom stereocenters. The van der Waals surface area contributed by atoms with E-state index in [1.165, 1.54) is 12.1 Å². The molecule has 5 nitrogen and oxygen atoms in total. The maximum absolute atomic E-state index is 13.5. The Hall–Kier alpha value is -3.67. The highest BCUT2D eigenvalue weighted by molar-refractivity contribution is 5.94. The second kappa shape index (κ2) is 10.0. The summed E-state index contributed by atoms with van der Waals surface area (Å²) in [6.45, 7) is 0.272. The summed E-state index contributed by atoms with van der Waals surface area (Å²) < 4.78 is 18.9. The van der Waals surface area contributed by atoms with Crippen molar-refractivity contribution in [3.8, 4) is 5.75 Å². The molecule has 3 aromatic carbocycles. The minimum Gasteiger partial charge on any atom is -0.484 e. The highest BCUT2D eigenvalue weighted by atomic mass is 19.1. The first-order valence-electron chi connectivity index (χ1n) is 9.21. The third kappa shape index (κ3) is 6.17. The van der Waals surface area contributed by atoms with E-state index in [9.17, 15) is 14.0 Å². The Kier molecular flexibility index (Phi) is 6.95. The molecule has 0 bridgehead atoms. The number of amides is 2. The quantitative estimate of drug-likeness (QED) is 0.613. The summed E-state index contributed by atoms with van der Waals surface area (Å²) in [5.74, 6) is -0.722. The van der Waals surface area contributed by atoms with Crippen molar-refractivity contribution < 1.29 is 18.7 Å². The van der Waals surface area contributed by atoms with E-state index in [1.807, 2.05) is 30.3 Å². The Labute approximate surface area is 168 Å². The molecule has 2 N–H and O–H groups in total. The zero-order valence-corrected chi connectivity index (χ0v) is 15.7. The van der Waals surface area contributed by atoms with Gasteiger partial charge in [0.1, 0.15) is 11.6 Å². The number of rotatable bonds is 8. The largest absolute Gasteiger partial charge is 0.484 e. The molecule has 0 aromatic heterocycles. The van der Waals surface area contributed by atoms with Crippen molar-refractivity contribution in [2.75, 3.05) is 18.5 Å². The zero-order valence-electron chi connectivity index (χ0n) is 15.7. The van der Waals surface area contributed by atoms with Crippen LogP contribution in [0.4, 0.5) is 10.1 Å². The number of hydrogen-bond donors (Lipinski definition) is 2. The molecule has 2 amide bonds. The van der Waals surface area contributed by atoms with Gasteiger partial charge < -0.3 is 15.4 Å². The smallest absolute Gasteiger partial charge is 0.262 e. The van der Waals surface area contributed by atoms with Crippen LogP contribution >= 0.6 is 0 Å². The minimum atomic E-state index is -0.511. The van der Waals surface area contributed by atoms with Gasteiger partial charge in [-0.1, -0.05) is 42.5 Å². The zero-order chi connectivity index (χ0) is 20.5. The number of halogens is 1. The van der Waals surface area contributed by atoms with Crippen LogP contribution in [0.5, 0.6) is 5.75 Å². The molecule has 0 saturated heterocycles. The second-order valence-corrected chi connectivity index (χ2v) is 6.33. The Morgan fingerprint density at radius 2 is 1.55 bits per heavy atom. The molecule has 0 fully saturated rings. The Morgan fingerprint density at radius 3 is 2.28 bits per heavy atom. The van der Waals surface area contributed by atoms with Gasteiger partial charge in [0.25, 0.3) is 11.8 Å². The predicted octanol–water partition coefficient (Wildman–Crippen LogP) is 3.82. The van der Waals surface area contributed by atoms with Gasteiger partial charge in [0, 0.05) is 12.1 Å². The molecule has 0 aliphatic carbocycles. The molecular weight excluding hydrogens is 371 g/mol. The molecule has 0 radical (unpaired) electrons. The number of nitrogens with one attached hydrogen (secondary N) is 2. The molecule has 0 aliphatic heterocycles. The highest BCUT2D eigenvalue weighted by Crippen LogP contribution is 2.14. The predicted molar refractivity (Wildman–Crippen MR) is 109 cm³/mol. The summed E-state index contributed by atoms with van der Waals surface area (Å²) in [6, 6.07) is 22.3. The van der Waals surface area contributed by atoms with Gasteiger partial charge in [-0.3, -0.25) is 9.59 Å². The molecule has 0 heterocycles. The topological polar surface area (TPSA) is 67.4 Å². The van der Waals surface area contributed by atoms with Gasteiger partial charge in [0.15, 0.2) is 6.61 Å². The van der Waals surface area contributed by atoms with Crippen molar-refractivity contribution >= 4 is 17.5 Å². The monoisotopic (exact) mass is 392 g/mol. The standard InChI is InChI=1S/C23H21FN2O3/c24-20-8-4-5-9-21(20)26-22(27)16-29-19-12-10-18(11-13-19)23(28)25-15-14-17-6-2-1-3-7-17/h1-13H,14-16H2,(H,25,28)(H,26,27). The Balaban J connectivity index is 1.44. The molecule has 3 aromatic rings. The number of para-hydroxylation sites is 1. The molecule has 0 aliphatic rings. The first-order chi connectivity index (χ1) is 14.1. The number of benzene rings is 3. The van der Waals surface area contributed by atoms with E-state index in [1.54, 1.807) is 36.4 Å². The maximum atomic E-state index is 13.5. The molecule has 6 heteroatoms. The molecular formula is C23H21FN2O3. The van der Waals surface area contributed by atoms with Crippen molar-refractivity contribution in [1.29, 1.82) is 0 Å². The summed E-state index contributed by atoms with van der Waals surface area (Å²) >= 11 is 0. The number of carbonyl (C=O) groups excluding carboxylic acids is 2. The normalized spacial score (nSPS) is 10.2. The van der Waals surface area contributed by atoms with Gasteiger partial charge in [-0.25, -0.2) is 4.39 Å². The van der Waals surface area contributed by atoms with Crippen LogP contribution in [0, 0.1) is 5.82 Å². The lowest BCUT2D eigenvalue weighted by Gasteiger charge is -2.09. The SMILES string of the molecule is O=C(COc1ccc(C(=O)NCCc2ccccc2)cc1)Nc1ccccc1F. The van der Waals surface area contributed by atoms with E-state index < -0.39 is 11.7 Å². The summed E-state index contributed by atoms with van der Waals surface area (Å²) in [5, 5.41) is 5.31. The van der Waals surface area contributed by atoms with Crippen molar-refractivity contribution in [3.63, 3.8) is 0 Å². The van der Waals surface area contributed by atoms with Gasteiger partial charge in [0.05, 0.1) is 5.69 Å². The van der Waals surface area contributed by atoms with Gasteiger partial charge in [-0.15, -0.1) is 0 Å². The number of hydrogen-bond acceptors (Lipinski definition) is 3. The molecule has 148 valence electrons. The van der Waals surface area contributed by atoms with Crippen LogP contribution in [-0.2, 0) is 11.2 Å². The Bertz CT molecular complexity index is 959. The molecule has 29 heavy (non-hydrogen) atoms. The lowest BCUT2D eigenvalue weighted by Crippen LogP contribution is -2.25. The maximum Gasteiger partial charge on any atom is 0.262 e. The van der Waals surface area contributed by atoms with E-state index in [0.29, 0.717) is 17.9 Å². The van der Waals surface area contributed by atoms with E-state index in [0.717, 1.165) is 12.0 Å². The van der Waals surface area contributed by atoms with Crippen molar-refractivity contribution in [2.24, 2.45) is 0 Å². The number of anilines is 1. The van der Waals surface area contributed by atoms with E-state index in [4.69, 9.17) is 4.74 Å². The molecule has 3 rings (SSSR count). The average molecular weight is 392 g/mol. The van der Waals surface area contributed by atoms with Crippen molar-refractivity contribution in [3.05, 3.63) is 95.8 Å². The van der Waals surface area contributed by atoms with Crippen LogP contribution in [-0.4, -0.2) is 25.0 Å². The van der Waals surface area contributed by atoms with Crippen molar-refractivity contribution in [1.82, 2.24) is 5.32 Å². The first-order valence-corrected chi connectivity index (χ1v) is 9.21. The average Bonchev–Trinajstić information content (AvgIpc) is 2.75. The first kappa shape index (κ1) is 20.1. The third-order valence-electron chi connectivity index (χ3n) is 4.18. The van der Waals surface area contributed by atoms with E-state index in [-0.39, 0.29) is 18.2 Å². The van der Waals surface area contributed by atoms with Gasteiger partial charge >= 0.3 is 0 Å². The fourth-order valence-corrected chi connectivity index (χ4v) is 2.67. The third-order valence-corrected chi connectivity index (χ3v) is 4.18. The Morgan fingerprint density at radius 1 is 0.862 bits per heavy atom. The number of carbonyl (C=O) groups is 2. The number of ether oxygens (including phenoxy) is 1. The van der Waals surface area contributed by atoms with Crippen LogP contribution in [0.2, 0.25) is 0 Å². The molecule has 0 saturated carbocycles. The lowest BCUT2D eigenvalue weighted by atomic mass is 10.1. The van der Waals surface area contributed by atoms with Crippen molar-refractivity contribution in [2.45, 2.75) is 6.42 Å². The summed E-state index contributed by atoms with van der Waals surface area (Å²) in [4.78, 5) is 24.1. The van der Waals surface area contributed by atoms with Crippen LogP contribution in [0.15, 0.2) is 78.9 Å². The van der Waals surface area contributed by atoms with Gasteiger partial charge in [0.2, 0.25) is 0 Å². The summed E-state index contributed by atoms with van der Waals surface area (Å²) in [5.41, 5.74) is 1.76. The van der Waals surface area contributed by atoms with Gasteiger partial charge in [-0.05, 0) is 48.4 Å². The van der Waals surface area contributed by atoms with Crippen LogP contribution in [0.1, 0.15) is 15.9 Å². The molecule has 0 unspecified atom stereocenters. The molecule has 0 spiro atoms. The summed E-state index contributed by atoms with van der Waals surface area (Å²) in [7, 11) is 0. The van der Waals surface area contributed by atoms with Gasteiger partial charge in [-0.2, -0.15) is 0 Å². The fraction of sp³-hybridized carbons (Fsp3) is 0.130. The highest BCUT2D eigenvalue weighted by Gasteiger charge is 2.08. The lowest BCUT2D eigenvalue weighted by molar-refractivity contribution is -0.118. The second-order valence-electron chi connectivity index (χ2n) is 6.33.